The average molecular weight is 298 g/mol. The highest BCUT2D eigenvalue weighted by Crippen LogP contribution is 2.23. The van der Waals surface area contributed by atoms with E-state index in [2.05, 4.69) is 15.6 Å². The van der Waals surface area contributed by atoms with Gasteiger partial charge >= 0.3 is 0 Å². The molecule has 0 atom stereocenters. The van der Waals surface area contributed by atoms with Crippen molar-refractivity contribution in [2.24, 2.45) is 5.92 Å². The van der Waals surface area contributed by atoms with E-state index in [0.29, 0.717) is 0 Å². The van der Waals surface area contributed by atoms with Crippen molar-refractivity contribution in [2.75, 3.05) is 18.4 Å². The Morgan fingerprint density at radius 2 is 2.14 bits per heavy atom. The molecule has 5 nitrogen and oxygen atoms in total. The molecule has 1 aliphatic rings. The van der Waals surface area contributed by atoms with E-state index in [1.807, 2.05) is 46.4 Å². The lowest BCUT2D eigenvalue weighted by atomic mass is 10.0. The van der Waals surface area contributed by atoms with Gasteiger partial charge in [0.25, 0.3) is 0 Å². The molecule has 2 N–H and O–H groups in total. The summed E-state index contributed by atoms with van der Waals surface area (Å²) in [6.45, 7) is 1.55. The smallest absolute Gasteiger partial charge is 0.230 e. The molecule has 3 aromatic rings. The Labute approximate surface area is 125 Å². The Balaban J connectivity index is 1.52. The lowest BCUT2D eigenvalue weighted by Gasteiger charge is -2.25. The first-order valence-electron chi connectivity index (χ1n) is 6.84. The van der Waals surface area contributed by atoms with Gasteiger partial charge in [0, 0.05) is 42.1 Å². The van der Waals surface area contributed by atoms with Crippen molar-refractivity contribution in [2.45, 2.75) is 0 Å². The van der Waals surface area contributed by atoms with Crippen molar-refractivity contribution < 1.29 is 4.79 Å². The van der Waals surface area contributed by atoms with Gasteiger partial charge in [-0.2, -0.15) is 0 Å². The summed E-state index contributed by atoms with van der Waals surface area (Å²) in [5, 5.41) is 8.05. The first kappa shape index (κ1) is 12.6. The zero-order valence-corrected chi connectivity index (χ0v) is 12.1. The minimum atomic E-state index is 0.0870. The second-order valence-corrected chi connectivity index (χ2v) is 6.01. The van der Waals surface area contributed by atoms with E-state index in [9.17, 15) is 4.79 Å². The lowest BCUT2D eigenvalue weighted by Crippen LogP contribution is -2.48. The van der Waals surface area contributed by atoms with E-state index in [4.69, 9.17) is 0 Å². The molecule has 106 valence electrons. The van der Waals surface area contributed by atoms with Gasteiger partial charge in [-0.05, 0) is 12.1 Å². The van der Waals surface area contributed by atoms with Crippen molar-refractivity contribution in [3.05, 3.63) is 42.0 Å². The normalized spacial score (nSPS) is 15.0. The molecule has 1 saturated heterocycles. The largest absolute Gasteiger partial charge is 0.326 e. The molecule has 0 aliphatic carbocycles. The Morgan fingerprint density at radius 1 is 1.33 bits per heavy atom. The van der Waals surface area contributed by atoms with Crippen molar-refractivity contribution in [1.82, 2.24) is 14.7 Å². The monoisotopic (exact) mass is 298 g/mol. The number of aromatic nitrogens is 2. The number of amides is 1. The number of hydrogen-bond donors (Lipinski definition) is 2. The predicted molar refractivity (Wildman–Crippen MR) is 83.5 cm³/mol. The van der Waals surface area contributed by atoms with Gasteiger partial charge in [-0.25, -0.2) is 4.98 Å². The highest BCUT2D eigenvalue weighted by atomic mass is 32.1. The van der Waals surface area contributed by atoms with E-state index in [0.717, 1.165) is 35.0 Å². The number of imidazole rings is 1. The van der Waals surface area contributed by atoms with Gasteiger partial charge in [0.05, 0.1) is 11.6 Å². The van der Waals surface area contributed by atoms with Crippen LogP contribution < -0.4 is 10.6 Å². The number of fused-ring (bicyclic) bond motifs is 1. The molecule has 0 bridgehead atoms. The Morgan fingerprint density at radius 3 is 2.81 bits per heavy atom. The second-order valence-electron chi connectivity index (χ2n) is 5.14. The van der Waals surface area contributed by atoms with Crippen molar-refractivity contribution in [3.63, 3.8) is 0 Å². The summed E-state index contributed by atoms with van der Waals surface area (Å²) >= 11 is 1.62. The number of nitrogens with one attached hydrogen (secondary N) is 2. The quantitative estimate of drug-likeness (QED) is 0.779. The summed E-state index contributed by atoms with van der Waals surface area (Å²) < 4.78 is 2.01. The maximum absolute atomic E-state index is 11.9. The van der Waals surface area contributed by atoms with Crippen LogP contribution in [0.1, 0.15) is 0 Å². The Bertz CT molecular complexity index is 757. The lowest BCUT2D eigenvalue weighted by molar-refractivity contribution is -0.121. The number of thiazole rings is 1. The van der Waals surface area contributed by atoms with Crippen LogP contribution in [0.25, 0.3) is 16.2 Å². The van der Waals surface area contributed by atoms with E-state index in [-0.39, 0.29) is 11.8 Å². The summed E-state index contributed by atoms with van der Waals surface area (Å²) in [6.07, 6.45) is 4.01. The first-order valence-corrected chi connectivity index (χ1v) is 7.72. The number of nitrogens with zero attached hydrogens (tertiary/aromatic N) is 2. The highest BCUT2D eigenvalue weighted by Gasteiger charge is 2.24. The zero-order chi connectivity index (χ0) is 14.2. The number of anilines is 1. The summed E-state index contributed by atoms with van der Waals surface area (Å²) in [6, 6.07) is 7.82. The minimum absolute atomic E-state index is 0.0870. The molecule has 4 rings (SSSR count). The van der Waals surface area contributed by atoms with E-state index in [1.165, 1.54) is 0 Å². The van der Waals surface area contributed by atoms with Crippen LogP contribution in [0.2, 0.25) is 0 Å². The highest BCUT2D eigenvalue weighted by molar-refractivity contribution is 7.15. The molecular weight excluding hydrogens is 284 g/mol. The first-order chi connectivity index (χ1) is 10.3. The Kier molecular flexibility index (Phi) is 2.98. The molecule has 6 heteroatoms. The third-order valence-corrected chi connectivity index (χ3v) is 4.46. The number of rotatable bonds is 3. The van der Waals surface area contributed by atoms with Gasteiger partial charge in [-0.1, -0.05) is 12.1 Å². The van der Waals surface area contributed by atoms with E-state index >= 15 is 0 Å². The maximum atomic E-state index is 11.9. The number of carbonyl (C=O) groups is 1. The third-order valence-electron chi connectivity index (χ3n) is 3.69. The summed E-state index contributed by atoms with van der Waals surface area (Å²) in [5.74, 6) is 0.189. The molecule has 1 fully saturated rings. The van der Waals surface area contributed by atoms with Crippen LogP contribution in [-0.2, 0) is 4.79 Å². The van der Waals surface area contributed by atoms with Crippen LogP contribution in [0.3, 0.4) is 0 Å². The summed E-state index contributed by atoms with van der Waals surface area (Å²) in [4.78, 5) is 17.4. The fourth-order valence-corrected chi connectivity index (χ4v) is 3.01. The van der Waals surface area contributed by atoms with Gasteiger partial charge in [-0.3, -0.25) is 9.20 Å². The fraction of sp³-hybridized carbons (Fsp3) is 0.200. The van der Waals surface area contributed by atoms with Crippen LogP contribution in [0.5, 0.6) is 0 Å². The fourth-order valence-electron chi connectivity index (χ4n) is 2.31. The van der Waals surface area contributed by atoms with Crippen molar-refractivity contribution in [1.29, 1.82) is 0 Å². The van der Waals surface area contributed by atoms with Crippen molar-refractivity contribution in [3.8, 4) is 11.3 Å². The standard InChI is InChI=1S/C15H14N4OS/c20-14(11-7-16-8-11)17-12-3-1-10(2-4-12)13-9-19-5-6-21-15(19)18-13/h1-6,9,11,16H,7-8H2,(H,17,20). The molecule has 21 heavy (non-hydrogen) atoms. The van der Waals surface area contributed by atoms with Gasteiger partial charge in [0.1, 0.15) is 0 Å². The molecule has 1 amide bonds. The molecule has 1 aliphatic heterocycles. The minimum Gasteiger partial charge on any atom is -0.326 e. The molecule has 0 radical (unpaired) electrons. The molecule has 3 heterocycles. The van der Waals surface area contributed by atoms with Crippen LogP contribution in [0.15, 0.2) is 42.0 Å². The zero-order valence-electron chi connectivity index (χ0n) is 11.2. The molecule has 2 aromatic heterocycles. The second kappa shape index (κ2) is 4.98. The Hall–Kier alpha value is -2.18. The van der Waals surface area contributed by atoms with E-state index < -0.39 is 0 Å². The molecule has 1 aromatic carbocycles. The van der Waals surface area contributed by atoms with Gasteiger partial charge in [-0.15, -0.1) is 11.3 Å². The van der Waals surface area contributed by atoms with Crippen LogP contribution in [0, 0.1) is 5.92 Å². The molecule has 0 saturated carbocycles. The van der Waals surface area contributed by atoms with Crippen LogP contribution >= 0.6 is 11.3 Å². The SMILES string of the molecule is O=C(Nc1ccc(-c2cn3ccsc3n2)cc1)C1CNC1. The third kappa shape index (κ3) is 2.32. The van der Waals surface area contributed by atoms with Gasteiger partial charge < -0.3 is 10.6 Å². The van der Waals surface area contributed by atoms with Crippen LogP contribution in [0.4, 0.5) is 5.69 Å². The predicted octanol–water partition coefficient (Wildman–Crippen LogP) is 2.22. The average Bonchev–Trinajstić information content (AvgIpc) is 2.98. The van der Waals surface area contributed by atoms with Gasteiger partial charge in [0.15, 0.2) is 4.96 Å². The summed E-state index contributed by atoms with van der Waals surface area (Å²) in [7, 11) is 0. The number of benzene rings is 1. The van der Waals surface area contributed by atoms with E-state index in [1.54, 1.807) is 11.3 Å². The van der Waals surface area contributed by atoms with Crippen LogP contribution in [-0.4, -0.2) is 28.4 Å². The summed E-state index contributed by atoms with van der Waals surface area (Å²) in [5.41, 5.74) is 2.83. The molecule has 0 spiro atoms. The van der Waals surface area contributed by atoms with Gasteiger partial charge in [0.2, 0.25) is 5.91 Å². The topological polar surface area (TPSA) is 58.4 Å². The maximum Gasteiger partial charge on any atom is 0.230 e. The number of hydrogen-bond acceptors (Lipinski definition) is 4. The molecular formula is C15H14N4OS. The molecule has 0 unspecified atom stereocenters. The van der Waals surface area contributed by atoms with Crippen molar-refractivity contribution >= 4 is 27.9 Å². The number of carbonyl (C=O) groups excluding carboxylic acids is 1.